The Morgan fingerprint density at radius 2 is 2.05 bits per heavy atom. The lowest BCUT2D eigenvalue weighted by Gasteiger charge is -2.41. The lowest BCUT2D eigenvalue weighted by Crippen LogP contribution is -2.47. The van der Waals surface area contributed by atoms with Crippen molar-refractivity contribution in [2.75, 3.05) is 25.0 Å². The SMILES string of the molecule is CC1NC(=O)C2CCC(n3c(NC(=O)c4ccc(F)cc4)nc4ccc(CN5CCNC(=O)C5)cc43)CC12N=[N+]=[N-]. The fourth-order valence-corrected chi connectivity index (χ4v) is 6.56. The Balaban J connectivity index is 1.40. The summed E-state index contributed by atoms with van der Waals surface area (Å²) in [4.78, 5) is 47.8. The van der Waals surface area contributed by atoms with Crippen LogP contribution in [-0.4, -0.2) is 63.4 Å². The van der Waals surface area contributed by atoms with Gasteiger partial charge in [-0.05, 0) is 73.7 Å². The Morgan fingerprint density at radius 1 is 1.24 bits per heavy atom. The molecule has 3 aliphatic rings. The molecule has 1 aliphatic carbocycles. The summed E-state index contributed by atoms with van der Waals surface area (Å²) in [5, 5.41) is 12.9. The molecule has 212 valence electrons. The van der Waals surface area contributed by atoms with Crippen LogP contribution in [0.1, 0.15) is 48.1 Å². The summed E-state index contributed by atoms with van der Waals surface area (Å²) in [6.07, 6.45) is 1.49. The summed E-state index contributed by atoms with van der Waals surface area (Å²) in [7, 11) is 0. The van der Waals surface area contributed by atoms with Gasteiger partial charge in [-0.3, -0.25) is 24.6 Å². The second-order valence-electron chi connectivity index (χ2n) is 11.0. The zero-order valence-electron chi connectivity index (χ0n) is 22.5. The van der Waals surface area contributed by atoms with Crippen molar-refractivity contribution >= 4 is 34.7 Å². The quantitative estimate of drug-likeness (QED) is 0.240. The highest BCUT2D eigenvalue weighted by atomic mass is 19.1. The minimum atomic E-state index is -0.956. The van der Waals surface area contributed by atoms with Crippen molar-refractivity contribution in [2.45, 2.75) is 50.4 Å². The number of aromatic nitrogens is 2. The summed E-state index contributed by atoms with van der Waals surface area (Å²) >= 11 is 0. The topological polar surface area (TPSA) is 157 Å². The molecule has 4 atom stereocenters. The van der Waals surface area contributed by atoms with Gasteiger partial charge in [-0.1, -0.05) is 11.2 Å². The van der Waals surface area contributed by atoms with E-state index in [2.05, 4.69) is 30.9 Å². The van der Waals surface area contributed by atoms with Gasteiger partial charge in [0.15, 0.2) is 0 Å². The maximum Gasteiger partial charge on any atom is 0.257 e. The molecule has 1 saturated carbocycles. The highest BCUT2D eigenvalue weighted by Crippen LogP contribution is 2.49. The Labute approximate surface area is 234 Å². The molecule has 3 aromatic rings. The van der Waals surface area contributed by atoms with E-state index in [0.717, 1.165) is 17.6 Å². The fraction of sp³-hybridized carbons (Fsp3) is 0.429. The van der Waals surface area contributed by atoms with Crippen LogP contribution >= 0.6 is 0 Å². The van der Waals surface area contributed by atoms with Gasteiger partial charge in [0.05, 0.1) is 29.0 Å². The molecule has 2 aliphatic heterocycles. The van der Waals surface area contributed by atoms with Crippen LogP contribution < -0.4 is 16.0 Å². The van der Waals surface area contributed by atoms with Gasteiger partial charge in [0.2, 0.25) is 17.8 Å². The number of imidazole rings is 1. The number of rotatable bonds is 6. The van der Waals surface area contributed by atoms with Crippen LogP contribution in [0.25, 0.3) is 21.5 Å². The molecule has 12 nitrogen and oxygen atoms in total. The number of carbonyl (C=O) groups is 3. The van der Waals surface area contributed by atoms with Crippen molar-refractivity contribution in [2.24, 2.45) is 11.0 Å². The average molecular weight is 560 g/mol. The normalized spacial score (nSPS) is 26.1. The standard InChI is InChI=1S/C28H30FN9O3/c1-16-28(35-36-30)13-20(7-8-21(28)26(41)32-16)38-23-12-17(14-37-11-10-31-24(39)15-37)2-9-22(23)33-27(38)34-25(40)18-3-5-19(29)6-4-18/h2-6,9,12,16,20-21H,7-8,10-11,13-15H2,1H3,(H,31,39)(H,32,41)(H,33,34,40). The number of halogens is 1. The third-order valence-electron chi connectivity index (χ3n) is 8.58. The number of fused-ring (bicyclic) bond motifs is 2. The van der Waals surface area contributed by atoms with Crippen molar-refractivity contribution < 1.29 is 18.8 Å². The molecule has 0 radical (unpaired) electrons. The molecular formula is C28H30FN9O3. The van der Waals surface area contributed by atoms with Gasteiger partial charge in [-0.2, -0.15) is 0 Å². The molecule has 3 fully saturated rings. The number of azide groups is 1. The number of nitrogens with one attached hydrogen (secondary N) is 3. The zero-order valence-corrected chi connectivity index (χ0v) is 22.5. The Bertz CT molecular complexity index is 1580. The molecule has 0 spiro atoms. The monoisotopic (exact) mass is 559 g/mol. The Hall–Kier alpha value is -4.48. The first kappa shape index (κ1) is 26.7. The molecule has 2 saturated heterocycles. The summed E-state index contributed by atoms with van der Waals surface area (Å²) in [6, 6.07) is 10.5. The number of piperazine rings is 1. The van der Waals surface area contributed by atoms with E-state index in [0.29, 0.717) is 50.4 Å². The van der Waals surface area contributed by atoms with E-state index in [-0.39, 0.29) is 29.5 Å². The lowest BCUT2D eigenvalue weighted by molar-refractivity contribution is -0.125. The molecule has 1 aromatic heterocycles. The second kappa shape index (κ2) is 10.5. The van der Waals surface area contributed by atoms with Crippen LogP contribution in [-0.2, 0) is 16.1 Å². The number of carbonyl (C=O) groups excluding carboxylic acids is 3. The van der Waals surface area contributed by atoms with Gasteiger partial charge < -0.3 is 15.2 Å². The van der Waals surface area contributed by atoms with Crippen LogP contribution in [0.3, 0.4) is 0 Å². The average Bonchev–Trinajstić information content (AvgIpc) is 3.41. The molecule has 6 rings (SSSR count). The largest absolute Gasteiger partial charge is 0.354 e. The van der Waals surface area contributed by atoms with E-state index in [1.54, 1.807) is 0 Å². The Kier molecular flexibility index (Phi) is 6.84. The third-order valence-corrected chi connectivity index (χ3v) is 8.58. The van der Waals surface area contributed by atoms with E-state index in [1.165, 1.54) is 24.3 Å². The van der Waals surface area contributed by atoms with Crippen LogP contribution in [0, 0.1) is 11.7 Å². The van der Waals surface area contributed by atoms with Crippen molar-refractivity contribution in [1.82, 2.24) is 25.1 Å². The number of nitrogens with zero attached hydrogens (tertiary/aromatic N) is 6. The third kappa shape index (κ3) is 4.87. The summed E-state index contributed by atoms with van der Waals surface area (Å²) in [5.74, 6) is -1.13. The van der Waals surface area contributed by atoms with E-state index >= 15 is 0 Å². The van der Waals surface area contributed by atoms with E-state index < -0.39 is 23.2 Å². The molecule has 4 unspecified atom stereocenters. The predicted octanol–water partition coefficient (Wildman–Crippen LogP) is 3.27. The van der Waals surface area contributed by atoms with Gasteiger partial charge >= 0.3 is 0 Å². The maximum atomic E-state index is 13.5. The summed E-state index contributed by atoms with van der Waals surface area (Å²) in [6.45, 7) is 4.06. The highest BCUT2D eigenvalue weighted by molar-refractivity contribution is 6.04. The second-order valence-corrected chi connectivity index (χ2v) is 11.0. The van der Waals surface area contributed by atoms with Crippen LogP contribution in [0.2, 0.25) is 0 Å². The van der Waals surface area contributed by atoms with E-state index in [1.807, 2.05) is 29.7 Å². The number of benzene rings is 2. The first-order valence-corrected chi connectivity index (χ1v) is 13.7. The molecule has 0 bridgehead atoms. The van der Waals surface area contributed by atoms with Crippen LogP contribution in [0.4, 0.5) is 10.3 Å². The molecule has 41 heavy (non-hydrogen) atoms. The van der Waals surface area contributed by atoms with Gasteiger partial charge in [-0.25, -0.2) is 9.37 Å². The highest BCUT2D eigenvalue weighted by Gasteiger charge is 2.56. The molecule has 3 N–H and O–H groups in total. The van der Waals surface area contributed by atoms with Gasteiger partial charge in [0.1, 0.15) is 5.82 Å². The summed E-state index contributed by atoms with van der Waals surface area (Å²) in [5.41, 5.74) is 11.2. The van der Waals surface area contributed by atoms with Gasteiger partial charge in [0, 0.05) is 42.2 Å². The van der Waals surface area contributed by atoms with Crippen LogP contribution in [0.15, 0.2) is 47.6 Å². The zero-order chi connectivity index (χ0) is 28.7. The van der Waals surface area contributed by atoms with Crippen molar-refractivity contribution in [3.05, 3.63) is 69.9 Å². The molecule has 3 amide bonds. The van der Waals surface area contributed by atoms with E-state index in [9.17, 15) is 24.3 Å². The first-order valence-electron chi connectivity index (χ1n) is 13.7. The number of hydrogen-bond acceptors (Lipinski definition) is 6. The number of hydrogen-bond donors (Lipinski definition) is 3. The minimum absolute atomic E-state index is 0.0119. The lowest BCUT2D eigenvalue weighted by atomic mass is 9.70. The number of anilines is 1. The molecular weight excluding hydrogens is 529 g/mol. The summed E-state index contributed by atoms with van der Waals surface area (Å²) < 4.78 is 15.4. The fourth-order valence-electron chi connectivity index (χ4n) is 6.56. The van der Waals surface area contributed by atoms with Gasteiger partial charge in [0.25, 0.3) is 5.91 Å². The molecule has 13 heteroatoms. The van der Waals surface area contributed by atoms with Crippen molar-refractivity contribution in [1.29, 1.82) is 0 Å². The van der Waals surface area contributed by atoms with Crippen LogP contribution in [0.5, 0.6) is 0 Å². The van der Waals surface area contributed by atoms with Gasteiger partial charge in [-0.15, -0.1) is 0 Å². The first-order chi connectivity index (χ1) is 19.8. The Morgan fingerprint density at radius 3 is 2.80 bits per heavy atom. The smallest absolute Gasteiger partial charge is 0.257 e. The van der Waals surface area contributed by atoms with Crippen molar-refractivity contribution in [3.63, 3.8) is 0 Å². The molecule has 2 aromatic carbocycles. The number of amides is 3. The van der Waals surface area contributed by atoms with Crippen molar-refractivity contribution in [3.8, 4) is 0 Å². The maximum absolute atomic E-state index is 13.5. The van der Waals surface area contributed by atoms with E-state index in [4.69, 9.17) is 4.98 Å². The molecule has 3 heterocycles. The predicted molar refractivity (Wildman–Crippen MR) is 148 cm³/mol. The minimum Gasteiger partial charge on any atom is -0.354 e.